The fraction of sp³-hybridized carbons (Fsp3) is 0.286. The van der Waals surface area contributed by atoms with Crippen LogP contribution in [0.25, 0.3) is 10.9 Å². The zero-order valence-corrected chi connectivity index (χ0v) is 15.7. The third-order valence-corrected chi connectivity index (χ3v) is 6.00. The number of carbonyl (C=O) groups excluding carboxylic acids is 1. The summed E-state index contributed by atoms with van der Waals surface area (Å²) < 4.78 is 13.7. The average Bonchev–Trinajstić information content (AvgIpc) is 3.20. The van der Waals surface area contributed by atoms with Gasteiger partial charge in [0.25, 0.3) is 0 Å². The Morgan fingerprint density at radius 2 is 1.89 bits per heavy atom. The molecule has 2 aliphatic rings. The van der Waals surface area contributed by atoms with Crippen molar-refractivity contribution in [3.8, 4) is 0 Å². The standard InChI is InChI=1S/C21H18ClFN4O/c22-13-3-1-12(2-4-13)8-24-21(28)19-16-9-27(10-17(16)19)20-15-7-14(23)5-6-18(15)25-11-26-20/h1-7,11,16-17,19H,8-10H2,(H,24,28)/t16-,17+,19-. The molecule has 0 radical (unpaired) electrons. The monoisotopic (exact) mass is 396 g/mol. The molecule has 1 N–H and O–H groups in total. The molecule has 1 amide bonds. The van der Waals surface area contributed by atoms with Crippen LogP contribution in [0.1, 0.15) is 5.56 Å². The normalized spacial score (nSPS) is 22.9. The van der Waals surface area contributed by atoms with Crippen molar-refractivity contribution < 1.29 is 9.18 Å². The first-order chi connectivity index (χ1) is 13.6. The molecule has 0 spiro atoms. The van der Waals surface area contributed by atoms with Gasteiger partial charge in [0.15, 0.2) is 0 Å². The highest BCUT2D eigenvalue weighted by Crippen LogP contribution is 2.52. The van der Waals surface area contributed by atoms with Crippen molar-refractivity contribution in [1.82, 2.24) is 15.3 Å². The van der Waals surface area contributed by atoms with E-state index in [-0.39, 0.29) is 17.6 Å². The lowest BCUT2D eigenvalue weighted by Crippen LogP contribution is -2.32. The topological polar surface area (TPSA) is 58.1 Å². The molecule has 1 aromatic heterocycles. The van der Waals surface area contributed by atoms with E-state index in [0.717, 1.165) is 30.0 Å². The van der Waals surface area contributed by atoms with Gasteiger partial charge in [-0.2, -0.15) is 0 Å². The van der Waals surface area contributed by atoms with Crippen LogP contribution in [0.15, 0.2) is 48.8 Å². The number of anilines is 1. The first kappa shape index (κ1) is 17.4. The molecular weight excluding hydrogens is 379 g/mol. The van der Waals surface area contributed by atoms with Gasteiger partial charge < -0.3 is 10.2 Å². The highest BCUT2D eigenvalue weighted by Gasteiger charge is 2.59. The maximum absolute atomic E-state index is 13.7. The summed E-state index contributed by atoms with van der Waals surface area (Å²) in [5.74, 6) is 1.24. The third-order valence-electron chi connectivity index (χ3n) is 5.75. The molecular formula is C21H18ClFN4O. The fourth-order valence-electron chi connectivity index (χ4n) is 4.26. The molecule has 1 aliphatic carbocycles. The molecule has 1 saturated heterocycles. The molecule has 1 aliphatic heterocycles. The first-order valence-electron chi connectivity index (χ1n) is 9.27. The number of rotatable bonds is 4. The zero-order chi connectivity index (χ0) is 19.3. The van der Waals surface area contributed by atoms with Crippen LogP contribution >= 0.6 is 11.6 Å². The molecule has 1 saturated carbocycles. The molecule has 5 rings (SSSR count). The predicted octanol–water partition coefficient (Wildman–Crippen LogP) is 3.42. The number of carbonyl (C=O) groups is 1. The first-order valence-corrected chi connectivity index (χ1v) is 9.65. The number of nitrogens with one attached hydrogen (secondary N) is 1. The zero-order valence-electron chi connectivity index (χ0n) is 15.0. The third kappa shape index (κ3) is 3.07. The van der Waals surface area contributed by atoms with Crippen molar-refractivity contribution >= 4 is 34.2 Å². The fourth-order valence-corrected chi connectivity index (χ4v) is 4.39. The van der Waals surface area contributed by atoms with E-state index in [1.165, 1.54) is 18.5 Å². The van der Waals surface area contributed by atoms with E-state index in [1.807, 2.05) is 24.3 Å². The number of aromatic nitrogens is 2. The molecule has 2 aromatic carbocycles. The number of fused-ring (bicyclic) bond motifs is 2. The van der Waals surface area contributed by atoms with E-state index < -0.39 is 0 Å². The number of nitrogens with zero attached hydrogens (tertiary/aromatic N) is 3. The second-order valence-corrected chi connectivity index (χ2v) is 7.90. The number of amides is 1. The van der Waals surface area contributed by atoms with E-state index >= 15 is 0 Å². The summed E-state index contributed by atoms with van der Waals surface area (Å²) >= 11 is 5.89. The SMILES string of the molecule is O=C(NCc1ccc(Cl)cc1)[C@@H]1[C@@H]2CN(c3ncnc4ccc(F)cc34)C[C@@H]21. The Morgan fingerprint density at radius 3 is 2.64 bits per heavy atom. The molecule has 0 unspecified atom stereocenters. The Labute approximate surface area is 166 Å². The summed E-state index contributed by atoms with van der Waals surface area (Å²) in [4.78, 5) is 23.3. The minimum Gasteiger partial charge on any atom is -0.355 e. The minimum atomic E-state index is -0.299. The van der Waals surface area contributed by atoms with Crippen molar-refractivity contribution in [1.29, 1.82) is 0 Å². The average molecular weight is 397 g/mol. The maximum atomic E-state index is 13.7. The van der Waals surface area contributed by atoms with E-state index in [9.17, 15) is 9.18 Å². The van der Waals surface area contributed by atoms with Gasteiger partial charge in [-0.25, -0.2) is 14.4 Å². The van der Waals surface area contributed by atoms with Crippen molar-refractivity contribution in [2.24, 2.45) is 17.8 Å². The van der Waals surface area contributed by atoms with Crippen LogP contribution in [0, 0.1) is 23.6 Å². The smallest absolute Gasteiger partial charge is 0.224 e. The summed E-state index contributed by atoms with van der Waals surface area (Å²) in [5.41, 5.74) is 1.75. The second kappa shape index (κ2) is 6.71. The van der Waals surface area contributed by atoms with Crippen LogP contribution in [0.4, 0.5) is 10.2 Å². The van der Waals surface area contributed by atoms with Gasteiger partial charge in [0.1, 0.15) is 18.0 Å². The van der Waals surface area contributed by atoms with Crippen molar-refractivity contribution in [3.63, 3.8) is 0 Å². The van der Waals surface area contributed by atoms with E-state index in [2.05, 4.69) is 20.2 Å². The predicted molar refractivity (Wildman–Crippen MR) is 105 cm³/mol. The van der Waals surface area contributed by atoms with Gasteiger partial charge in [0.2, 0.25) is 5.91 Å². The van der Waals surface area contributed by atoms with Gasteiger partial charge in [-0.05, 0) is 47.7 Å². The molecule has 5 nitrogen and oxygen atoms in total. The van der Waals surface area contributed by atoms with E-state index in [4.69, 9.17) is 11.6 Å². The Hall–Kier alpha value is -2.73. The number of hydrogen-bond donors (Lipinski definition) is 1. The largest absolute Gasteiger partial charge is 0.355 e. The molecule has 3 atom stereocenters. The van der Waals surface area contributed by atoms with Crippen LogP contribution < -0.4 is 10.2 Å². The highest BCUT2D eigenvalue weighted by atomic mass is 35.5. The second-order valence-electron chi connectivity index (χ2n) is 7.46. The lowest BCUT2D eigenvalue weighted by Gasteiger charge is -2.22. The van der Waals surface area contributed by atoms with Gasteiger partial charge in [-0.15, -0.1) is 0 Å². The molecule has 0 bridgehead atoms. The Balaban J connectivity index is 1.23. The molecule has 2 heterocycles. The van der Waals surface area contributed by atoms with Crippen molar-refractivity contribution in [3.05, 3.63) is 65.2 Å². The van der Waals surface area contributed by atoms with Crippen LogP contribution in [-0.2, 0) is 11.3 Å². The summed E-state index contributed by atoms with van der Waals surface area (Å²) in [6, 6.07) is 12.0. The number of piperidine rings is 1. The van der Waals surface area contributed by atoms with Crippen LogP contribution in [0.2, 0.25) is 5.02 Å². The lowest BCUT2D eigenvalue weighted by molar-refractivity contribution is -0.123. The molecule has 142 valence electrons. The summed E-state index contributed by atoms with van der Waals surface area (Å²) in [6.45, 7) is 2.02. The molecule has 28 heavy (non-hydrogen) atoms. The number of benzene rings is 2. The lowest BCUT2D eigenvalue weighted by atomic mass is 10.2. The van der Waals surface area contributed by atoms with Gasteiger partial charge in [0, 0.05) is 36.0 Å². The van der Waals surface area contributed by atoms with Gasteiger partial charge in [-0.3, -0.25) is 4.79 Å². The quantitative estimate of drug-likeness (QED) is 0.734. The highest BCUT2D eigenvalue weighted by molar-refractivity contribution is 6.30. The van der Waals surface area contributed by atoms with Crippen LogP contribution in [0.5, 0.6) is 0 Å². The molecule has 7 heteroatoms. The number of halogens is 2. The summed E-state index contributed by atoms with van der Waals surface area (Å²) in [5, 5.41) is 4.42. The minimum absolute atomic E-state index is 0.0494. The van der Waals surface area contributed by atoms with Gasteiger partial charge >= 0.3 is 0 Å². The summed E-state index contributed by atoms with van der Waals surface area (Å²) in [6.07, 6.45) is 1.51. The van der Waals surface area contributed by atoms with E-state index in [0.29, 0.717) is 28.8 Å². The van der Waals surface area contributed by atoms with Crippen molar-refractivity contribution in [2.75, 3.05) is 18.0 Å². The molecule has 3 aromatic rings. The van der Waals surface area contributed by atoms with Gasteiger partial charge in [0.05, 0.1) is 5.52 Å². The maximum Gasteiger partial charge on any atom is 0.224 e. The van der Waals surface area contributed by atoms with Gasteiger partial charge in [-0.1, -0.05) is 23.7 Å². The molecule has 2 fully saturated rings. The van der Waals surface area contributed by atoms with E-state index in [1.54, 1.807) is 6.07 Å². The Morgan fingerprint density at radius 1 is 1.14 bits per heavy atom. The van der Waals surface area contributed by atoms with Crippen molar-refractivity contribution in [2.45, 2.75) is 6.54 Å². The Bertz CT molecular complexity index is 1050. The summed E-state index contributed by atoms with van der Waals surface area (Å²) in [7, 11) is 0. The number of hydrogen-bond acceptors (Lipinski definition) is 4. The van der Waals surface area contributed by atoms with Crippen LogP contribution in [-0.4, -0.2) is 29.0 Å². The Kier molecular flexibility index (Phi) is 4.16. The van der Waals surface area contributed by atoms with Crippen LogP contribution in [0.3, 0.4) is 0 Å².